The summed E-state index contributed by atoms with van der Waals surface area (Å²) in [5, 5.41) is 31.1. The van der Waals surface area contributed by atoms with Gasteiger partial charge >= 0.3 is 0 Å². The van der Waals surface area contributed by atoms with Crippen molar-refractivity contribution >= 4 is 68.2 Å². The van der Waals surface area contributed by atoms with Crippen LogP contribution in [0, 0.1) is 38.7 Å². The summed E-state index contributed by atoms with van der Waals surface area (Å²) in [6.07, 6.45) is 1.71. The van der Waals surface area contributed by atoms with E-state index < -0.39 is 9.85 Å². The Labute approximate surface area is 210 Å². The predicted molar refractivity (Wildman–Crippen MR) is 136 cm³/mol. The van der Waals surface area contributed by atoms with E-state index >= 15 is 0 Å². The Morgan fingerprint density at radius 1 is 0.938 bits per heavy atom. The lowest BCUT2D eigenvalue weighted by molar-refractivity contribution is -0.385. The molecule has 160 valence electrons. The molecule has 0 saturated heterocycles. The molecule has 0 unspecified atom stereocenters. The summed E-state index contributed by atoms with van der Waals surface area (Å²) in [5.41, 5.74) is 2.54. The molecule has 0 bridgehead atoms. The van der Waals surface area contributed by atoms with E-state index in [0.717, 1.165) is 18.3 Å². The lowest BCUT2D eigenvalue weighted by Crippen LogP contribution is -2.00. The topological polar surface area (TPSA) is 119 Å². The number of benzene rings is 3. The molecule has 0 heterocycles. The van der Waals surface area contributed by atoms with Crippen LogP contribution in [0.15, 0.2) is 60.7 Å². The Morgan fingerprint density at radius 3 is 1.91 bits per heavy atom. The quantitative estimate of drug-likeness (QED) is 0.0964. The summed E-state index contributed by atoms with van der Waals surface area (Å²) >= 11 is 4.29. The monoisotopic (exact) mass is 653 g/mol. The molecule has 0 saturated carbocycles. The van der Waals surface area contributed by atoms with E-state index in [2.05, 4.69) is 51.3 Å². The predicted octanol–water partition coefficient (Wildman–Crippen LogP) is 6.36. The maximum Gasteiger partial charge on any atom is 0.269 e. The van der Waals surface area contributed by atoms with Gasteiger partial charge < -0.3 is 4.74 Å². The number of hydrogen-bond acceptors (Lipinski definition) is 6. The Hall–Kier alpha value is -3.05. The number of ether oxygens (including phenoxy) is 1. The average Bonchev–Trinajstić information content (AvgIpc) is 2.77. The lowest BCUT2D eigenvalue weighted by atomic mass is 10.0. The summed E-state index contributed by atoms with van der Waals surface area (Å²) in [4.78, 5) is 20.6. The van der Waals surface area contributed by atoms with Crippen molar-refractivity contribution < 1.29 is 14.6 Å². The molecule has 0 aliphatic carbocycles. The number of non-ortho nitro benzene ring substituents is 2. The van der Waals surface area contributed by atoms with Crippen LogP contribution < -0.4 is 4.74 Å². The van der Waals surface area contributed by atoms with Crippen molar-refractivity contribution in [3.05, 3.63) is 105 Å². The van der Waals surface area contributed by atoms with Crippen LogP contribution >= 0.6 is 45.2 Å². The van der Waals surface area contributed by atoms with E-state index in [1.165, 1.54) is 24.3 Å². The summed E-state index contributed by atoms with van der Waals surface area (Å²) in [6, 6.07) is 17.9. The molecule has 10 heteroatoms. The second-order valence-electron chi connectivity index (χ2n) is 6.50. The molecule has 3 aromatic rings. The minimum absolute atomic E-state index is 0.0235. The molecule has 8 nitrogen and oxygen atoms in total. The van der Waals surface area contributed by atoms with E-state index in [9.17, 15) is 25.5 Å². The molecular weight excluding hydrogens is 640 g/mol. The maximum atomic E-state index is 10.8. The zero-order valence-corrected chi connectivity index (χ0v) is 20.5. The normalized spacial score (nSPS) is 11.0. The molecule has 0 amide bonds. The zero-order valence-electron chi connectivity index (χ0n) is 16.2. The fraction of sp³-hybridized carbons (Fsp3) is 0.0455. The molecule has 0 aliphatic rings. The van der Waals surface area contributed by atoms with Crippen molar-refractivity contribution in [3.8, 4) is 11.8 Å². The Bertz CT molecular complexity index is 1230. The molecule has 0 spiro atoms. The Balaban J connectivity index is 1.80. The first kappa shape index (κ1) is 23.6. The number of nitro benzene ring substituents is 2. The first-order valence-corrected chi connectivity index (χ1v) is 11.2. The van der Waals surface area contributed by atoms with Crippen molar-refractivity contribution in [2.45, 2.75) is 6.61 Å². The third kappa shape index (κ3) is 5.80. The summed E-state index contributed by atoms with van der Waals surface area (Å²) in [5.74, 6) is 0.676. The van der Waals surface area contributed by atoms with Crippen LogP contribution in [-0.2, 0) is 6.61 Å². The van der Waals surface area contributed by atoms with Gasteiger partial charge in [0.15, 0.2) is 0 Å². The van der Waals surface area contributed by atoms with E-state index in [1.807, 2.05) is 12.1 Å². The summed E-state index contributed by atoms with van der Waals surface area (Å²) in [7, 11) is 0. The fourth-order valence-electron chi connectivity index (χ4n) is 2.78. The van der Waals surface area contributed by atoms with E-state index in [1.54, 1.807) is 30.3 Å². The number of hydrogen-bond donors (Lipinski definition) is 0. The number of allylic oxidation sites excluding steroid dienone is 1. The maximum absolute atomic E-state index is 10.8. The standard InChI is InChI=1S/C22H13I2N3O5/c23-20-10-15(9-17(12-25)16-3-7-19(8-4-16)27(30)31)11-21(24)22(20)32-13-14-1-5-18(6-2-14)26(28)29/h1-11H,13H2/b17-9-. The van der Waals surface area contributed by atoms with Crippen LogP contribution in [0.3, 0.4) is 0 Å². The fourth-order valence-corrected chi connectivity index (χ4v) is 4.91. The van der Waals surface area contributed by atoms with Gasteiger partial charge in [0.1, 0.15) is 12.4 Å². The van der Waals surface area contributed by atoms with E-state index in [-0.39, 0.29) is 18.0 Å². The molecule has 3 rings (SSSR count). The molecule has 0 radical (unpaired) electrons. The highest BCUT2D eigenvalue weighted by Crippen LogP contribution is 2.31. The van der Waals surface area contributed by atoms with Crippen LogP contribution in [0.1, 0.15) is 16.7 Å². The third-order valence-electron chi connectivity index (χ3n) is 4.37. The summed E-state index contributed by atoms with van der Waals surface area (Å²) < 4.78 is 7.60. The van der Waals surface area contributed by atoms with E-state index in [4.69, 9.17) is 4.74 Å². The molecule has 3 aromatic carbocycles. The van der Waals surface area contributed by atoms with Crippen LogP contribution in [0.5, 0.6) is 5.75 Å². The Morgan fingerprint density at radius 2 is 1.44 bits per heavy atom. The van der Waals surface area contributed by atoms with Gasteiger partial charge in [-0.3, -0.25) is 20.2 Å². The number of nitrogens with zero attached hydrogens (tertiary/aromatic N) is 3. The molecule has 0 aliphatic heterocycles. The van der Waals surface area contributed by atoms with Gasteiger partial charge in [-0.2, -0.15) is 5.26 Å². The summed E-state index contributed by atoms with van der Waals surface area (Å²) in [6.45, 7) is 0.255. The van der Waals surface area contributed by atoms with Gasteiger partial charge in [0.05, 0.1) is 28.6 Å². The third-order valence-corrected chi connectivity index (χ3v) is 5.97. The van der Waals surface area contributed by atoms with Gasteiger partial charge in [-0.05, 0) is 104 Å². The molecule has 32 heavy (non-hydrogen) atoms. The van der Waals surface area contributed by atoms with Crippen molar-refractivity contribution in [3.63, 3.8) is 0 Å². The second-order valence-corrected chi connectivity index (χ2v) is 8.82. The highest BCUT2D eigenvalue weighted by molar-refractivity contribution is 14.1. The molecule has 0 N–H and O–H groups in total. The Kier molecular flexibility index (Phi) is 7.75. The van der Waals surface area contributed by atoms with Crippen LogP contribution in [0.4, 0.5) is 11.4 Å². The van der Waals surface area contributed by atoms with Crippen molar-refractivity contribution in [2.24, 2.45) is 0 Å². The van der Waals surface area contributed by atoms with Crippen LogP contribution in [0.25, 0.3) is 11.6 Å². The number of nitriles is 1. The van der Waals surface area contributed by atoms with Gasteiger partial charge in [0, 0.05) is 24.3 Å². The first-order valence-electron chi connectivity index (χ1n) is 9.00. The largest absolute Gasteiger partial charge is 0.487 e. The average molecular weight is 653 g/mol. The van der Waals surface area contributed by atoms with Gasteiger partial charge in [-0.15, -0.1) is 0 Å². The highest BCUT2D eigenvalue weighted by atomic mass is 127. The van der Waals surface area contributed by atoms with Crippen LogP contribution in [0.2, 0.25) is 0 Å². The molecule has 0 atom stereocenters. The number of rotatable bonds is 7. The minimum Gasteiger partial charge on any atom is -0.487 e. The van der Waals surface area contributed by atoms with Gasteiger partial charge in [0.2, 0.25) is 0 Å². The minimum atomic E-state index is -0.486. The highest BCUT2D eigenvalue weighted by Gasteiger charge is 2.12. The molecule has 0 fully saturated rings. The van der Waals surface area contributed by atoms with Crippen LogP contribution in [-0.4, -0.2) is 9.85 Å². The smallest absolute Gasteiger partial charge is 0.269 e. The van der Waals surface area contributed by atoms with Gasteiger partial charge in [0.25, 0.3) is 11.4 Å². The molecule has 0 aromatic heterocycles. The number of nitro groups is 2. The zero-order chi connectivity index (χ0) is 23.3. The lowest BCUT2D eigenvalue weighted by Gasteiger charge is -2.12. The SMILES string of the molecule is N#C/C(=C/c1cc(I)c(OCc2ccc([N+](=O)[O-])cc2)c(I)c1)c1ccc([N+](=O)[O-])cc1. The van der Waals surface area contributed by atoms with Crippen molar-refractivity contribution in [1.82, 2.24) is 0 Å². The van der Waals surface area contributed by atoms with Crippen molar-refractivity contribution in [2.75, 3.05) is 0 Å². The van der Waals surface area contributed by atoms with E-state index in [0.29, 0.717) is 16.9 Å². The first-order chi connectivity index (χ1) is 15.3. The molecular formula is C22H13I2N3O5. The van der Waals surface area contributed by atoms with Crippen molar-refractivity contribution in [1.29, 1.82) is 5.26 Å². The van der Waals surface area contributed by atoms with Gasteiger partial charge in [-0.1, -0.05) is 0 Å². The van der Waals surface area contributed by atoms with Gasteiger partial charge in [-0.25, -0.2) is 0 Å². The second kappa shape index (κ2) is 10.5. The number of halogens is 2.